The van der Waals surface area contributed by atoms with E-state index in [0.717, 1.165) is 18.4 Å². The molecule has 0 aliphatic rings. The number of carbonyl (C=O) groups is 1. The van der Waals surface area contributed by atoms with Crippen LogP contribution in [0.1, 0.15) is 24.8 Å². The summed E-state index contributed by atoms with van der Waals surface area (Å²) in [6.45, 7) is 0. The van der Waals surface area contributed by atoms with E-state index >= 15 is 0 Å². The summed E-state index contributed by atoms with van der Waals surface area (Å²) in [5, 5.41) is 9.38. The zero-order chi connectivity index (χ0) is 12.8. The first-order valence-corrected chi connectivity index (χ1v) is 6.04. The number of carboxylic acids is 1. The largest absolute Gasteiger partial charge is 0.495 e. The van der Waals surface area contributed by atoms with Crippen LogP contribution in [0.15, 0.2) is 12.1 Å². The average Bonchev–Trinajstić information content (AvgIpc) is 2.28. The summed E-state index contributed by atoms with van der Waals surface area (Å²) < 4.78 is 5.10. The molecule has 6 heteroatoms. The van der Waals surface area contributed by atoms with Gasteiger partial charge in [-0.2, -0.15) is 0 Å². The van der Waals surface area contributed by atoms with Gasteiger partial charge in [-0.3, -0.25) is 4.79 Å². The number of aliphatic carboxylic acids is 1. The molecule has 0 aliphatic heterocycles. The Morgan fingerprint density at radius 3 is 2.56 bits per heavy atom. The fourth-order valence-corrected chi connectivity index (χ4v) is 1.93. The Morgan fingerprint density at radius 1 is 1.33 bits per heavy atom. The van der Waals surface area contributed by atoms with Crippen molar-refractivity contribution in [1.29, 1.82) is 0 Å². The van der Waals surface area contributed by atoms with E-state index in [1.807, 2.05) is 6.07 Å². The first kappa shape index (κ1) is 17.0. The number of carboxylic acid groups (broad SMARTS) is 1. The molecule has 0 aromatic heterocycles. The summed E-state index contributed by atoms with van der Waals surface area (Å²) in [7, 11) is 1.53. The molecule has 0 radical (unpaired) electrons. The zero-order valence-electron chi connectivity index (χ0n) is 10.0. The maximum Gasteiger partial charge on any atom is 0.303 e. The molecule has 0 bridgehead atoms. The van der Waals surface area contributed by atoms with Gasteiger partial charge in [0.1, 0.15) is 10.8 Å². The van der Waals surface area contributed by atoms with Crippen molar-refractivity contribution in [3.8, 4) is 5.75 Å². The van der Waals surface area contributed by atoms with Crippen LogP contribution in [-0.2, 0) is 11.2 Å². The number of hydrogen-bond acceptors (Lipinski definition) is 2. The predicted molar refractivity (Wildman–Crippen MR) is 71.8 cm³/mol. The maximum atomic E-state index is 10.4. The van der Waals surface area contributed by atoms with Crippen LogP contribution < -0.4 is 4.74 Å². The van der Waals surface area contributed by atoms with Crippen LogP contribution in [0.5, 0.6) is 5.75 Å². The summed E-state index contributed by atoms with van der Waals surface area (Å²) in [6.07, 6.45) is 2.41. The molecule has 3 N–H and O–H groups in total. The third-order valence-corrected chi connectivity index (χ3v) is 3.17. The van der Waals surface area contributed by atoms with Gasteiger partial charge in [-0.1, -0.05) is 23.2 Å². The van der Waals surface area contributed by atoms with Crippen LogP contribution in [0.2, 0.25) is 10.0 Å². The van der Waals surface area contributed by atoms with Crippen LogP contribution >= 0.6 is 23.2 Å². The monoisotopic (exact) mass is 294 g/mol. The van der Waals surface area contributed by atoms with E-state index in [-0.39, 0.29) is 11.9 Å². The Labute approximate surface area is 116 Å². The van der Waals surface area contributed by atoms with Gasteiger partial charge >= 0.3 is 5.97 Å². The molecule has 1 aromatic rings. The average molecular weight is 295 g/mol. The van der Waals surface area contributed by atoms with Crippen LogP contribution in [0.4, 0.5) is 0 Å². The second-order valence-corrected chi connectivity index (χ2v) is 4.48. The minimum absolute atomic E-state index is 0. The number of unbranched alkanes of at least 4 members (excludes halogenated alkanes) is 1. The molecule has 0 fully saturated rings. The number of benzene rings is 1. The van der Waals surface area contributed by atoms with Crippen molar-refractivity contribution in [2.45, 2.75) is 25.7 Å². The van der Waals surface area contributed by atoms with Gasteiger partial charge in [0.25, 0.3) is 0 Å². The second-order valence-electron chi connectivity index (χ2n) is 3.69. The van der Waals surface area contributed by atoms with Crippen molar-refractivity contribution in [3.05, 3.63) is 27.7 Å². The maximum absolute atomic E-state index is 10.4. The van der Waals surface area contributed by atoms with Crippen LogP contribution in [0.25, 0.3) is 0 Å². The molecule has 0 aliphatic carbocycles. The van der Waals surface area contributed by atoms with Crippen LogP contribution in [0, 0.1) is 0 Å². The third-order valence-electron chi connectivity index (χ3n) is 2.38. The molecule has 0 amide bonds. The minimum atomic E-state index is -0.767. The van der Waals surface area contributed by atoms with E-state index in [1.165, 1.54) is 7.11 Å². The predicted octanol–water partition coefficient (Wildman–Crippen LogP) is 2.97. The van der Waals surface area contributed by atoms with E-state index in [4.69, 9.17) is 33.0 Å². The lowest BCUT2D eigenvalue weighted by Crippen LogP contribution is -1.95. The molecule has 0 saturated carbocycles. The molecule has 0 unspecified atom stereocenters. The van der Waals surface area contributed by atoms with E-state index in [2.05, 4.69) is 0 Å². The molecule has 4 nitrogen and oxygen atoms in total. The molecule has 0 heterocycles. The fourth-order valence-electron chi connectivity index (χ4n) is 1.52. The quantitative estimate of drug-likeness (QED) is 0.819. The van der Waals surface area contributed by atoms with Gasteiger partial charge in [-0.25, -0.2) is 0 Å². The first-order chi connectivity index (χ1) is 8.04. The molecule has 1 aromatic carbocycles. The Balaban J connectivity index is 0.00000289. The molecule has 18 heavy (non-hydrogen) atoms. The van der Waals surface area contributed by atoms with Crippen molar-refractivity contribution in [3.63, 3.8) is 0 Å². The lowest BCUT2D eigenvalue weighted by atomic mass is 10.1. The normalized spacial score (nSPS) is 9.72. The lowest BCUT2D eigenvalue weighted by molar-refractivity contribution is -0.137. The third kappa shape index (κ3) is 5.12. The summed E-state index contributed by atoms with van der Waals surface area (Å²) in [5.74, 6) is -0.218. The van der Waals surface area contributed by atoms with Crippen LogP contribution in [-0.4, -0.2) is 23.7 Å². The molecule has 0 spiro atoms. The van der Waals surface area contributed by atoms with Gasteiger partial charge in [0.15, 0.2) is 0 Å². The van der Waals surface area contributed by atoms with Gasteiger partial charge in [0, 0.05) is 6.42 Å². The highest BCUT2D eigenvalue weighted by Crippen LogP contribution is 2.33. The van der Waals surface area contributed by atoms with Gasteiger partial charge in [0.05, 0.1) is 12.1 Å². The lowest BCUT2D eigenvalue weighted by Gasteiger charge is -2.08. The molecule has 0 atom stereocenters. The van der Waals surface area contributed by atoms with Gasteiger partial charge in [-0.05, 0) is 37.0 Å². The smallest absolute Gasteiger partial charge is 0.303 e. The van der Waals surface area contributed by atoms with Crippen molar-refractivity contribution in [1.82, 2.24) is 0 Å². The molecular formula is C12H16Cl2O4. The number of rotatable bonds is 6. The Kier molecular flexibility index (Phi) is 7.75. The van der Waals surface area contributed by atoms with Gasteiger partial charge in [0.2, 0.25) is 0 Å². The van der Waals surface area contributed by atoms with Gasteiger partial charge in [-0.15, -0.1) is 0 Å². The number of methoxy groups -OCH3 is 1. The van der Waals surface area contributed by atoms with E-state index in [1.54, 1.807) is 6.07 Å². The van der Waals surface area contributed by atoms with Crippen LogP contribution in [0.3, 0.4) is 0 Å². The van der Waals surface area contributed by atoms with Crippen molar-refractivity contribution in [2.75, 3.05) is 7.11 Å². The summed E-state index contributed by atoms with van der Waals surface area (Å²) >= 11 is 11.9. The zero-order valence-corrected chi connectivity index (χ0v) is 11.5. The molecular weight excluding hydrogens is 279 g/mol. The fraction of sp³-hybridized carbons (Fsp3) is 0.417. The number of halogens is 2. The van der Waals surface area contributed by atoms with Gasteiger partial charge < -0.3 is 15.3 Å². The highest BCUT2D eigenvalue weighted by atomic mass is 35.5. The number of hydrogen-bond donors (Lipinski definition) is 1. The Morgan fingerprint density at radius 2 is 2.00 bits per heavy atom. The summed E-state index contributed by atoms with van der Waals surface area (Å²) in [5.41, 5.74) is 1.00. The SMILES string of the molecule is COc1cc(CCCCC(=O)O)cc(Cl)c1Cl.O. The highest BCUT2D eigenvalue weighted by molar-refractivity contribution is 6.43. The number of aryl methyl sites for hydroxylation is 1. The standard InChI is InChI=1S/C12H14Cl2O3.H2O/c1-17-10-7-8(6-9(13)12(10)14)4-2-3-5-11(15)16;/h6-7H,2-5H2,1H3,(H,15,16);1H2. The van der Waals surface area contributed by atoms with Crippen molar-refractivity contribution in [2.24, 2.45) is 0 Å². The molecule has 102 valence electrons. The van der Waals surface area contributed by atoms with E-state index in [9.17, 15) is 4.79 Å². The summed E-state index contributed by atoms with van der Waals surface area (Å²) in [4.78, 5) is 10.4. The molecule has 0 saturated heterocycles. The minimum Gasteiger partial charge on any atom is -0.495 e. The Hall–Kier alpha value is -0.970. The highest BCUT2D eigenvalue weighted by Gasteiger charge is 2.08. The first-order valence-electron chi connectivity index (χ1n) is 5.28. The summed E-state index contributed by atoms with van der Waals surface area (Å²) in [6, 6.07) is 3.61. The van der Waals surface area contributed by atoms with E-state index < -0.39 is 5.97 Å². The van der Waals surface area contributed by atoms with E-state index in [0.29, 0.717) is 22.2 Å². The Bertz CT molecular complexity index is 407. The second kappa shape index (κ2) is 8.19. The van der Waals surface area contributed by atoms with Crippen molar-refractivity contribution < 1.29 is 20.1 Å². The number of ether oxygens (including phenoxy) is 1. The molecule has 1 rings (SSSR count). The topological polar surface area (TPSA) is 78.0 Å². The van der Waals surface area contributed by atoms with Crippen molar-refractivity contribution >= 4 is 29.2 Å².